The van der Waals surface area contributed by atoms with Crippen molar-refractivity contribution in [2.75, 3.05) is 0 Å². The smallest absolute Gasteiger partial charge is 0.269 e. The van der Waals surface area contributed by atoms with Gasteiger partial charge in [-0.3, -0.25) is 9.35 Å². The van der Waals surface area contributed by atoms with Crippen molar-refractivity contribution in [2.45, 2.75) is 37.5 Å². The molecule has 2 unspecified atom stereocenters. The molecular formula is C7H13NO4S. The Morgan fingerprint density at radius 3 is 2.54 bits per heavy atom. The average Bonchev–Trinajstić information content (AvgIpc) is 2.31. The van der Waals surface area contributed by atoms with E-state index >= 15 is 0 Å². The maximum absolute atomic E-state index is 10.8. The van der Waals surface area contributed by atoms with Gasteiger partial charge in [-0.15, -0.1) is 0 Å². The summed E-state index contributed by atoms with van der Waals surface area (Å²) in [7, 11) is -4.01. The summed E-state index contributed by atoms with van der Waals surface area (Å²) in [6.45, 7) is 1.33. The van der Waals surface area contributed by atoms with Crippen LogP contribution in [0, 0.1) is 0 Å². The minimum absolute atomic E-state index is 0.263. The maximum atomic E-state index is 10.8. The molecule has 13 heavy (non-hydrogen) atoms. The van der Waals surface area contributed by atoms with E-state index in [0.717, 1.165) is 6.42 Å². The number of nitrogens with one attached hydrogen (secondary N) is 1. The number of hydrogen-bond acceptors (Lipinski definition) is 3. The van der Waals surface area contributed by atoms with Gasteiger partial charge in [-0.25, -0.2) is 0 Å². The molecule has 1 aliphatic rings. The number of amides is 1. The van der Waals surface area contributed by atoms with Crippen LogP contribution in [0.5, 0.6) is 0 Å². The molecule has 1 aliphatic carbocycles. The van der Waals surface area contributed by atoms with Gasteiger partial charge in [0, 0.05) is 13.0 Å². The van der Waals surface area contributed by atoms with Crippen LogP contribution in [0.3, 0.4) is 0 Å². The molecule has 0 radical (unpaired) electrons. The summed E-state index contributed by atoms with van der Waals surface area (Å²) in [6, 6.07) is -0.424. The molecule has 0 bridgehead atoms. The van der Waals surface area contributed by atoms with Gasteiger partial charge in [-0.05, 0) is 19.3 Å². The molecule has 0 spiro atoms. The summed E-state index contributed by atoms with van der Waals surface area (Å²) in [6.07, 6.45) is 1.75. The molecular weight excluding hydrogens is 194 g/mol. The molecule has 2 N–H and O–H groups in total. The summed E-state index contributed by atoms with van der Waals surface area (Å²) in [5, 5.41) is 1.70. The molecule has 6 heteroatoms. The predicted molar refractivity (Wildman–Crippen MR) is 46.8 cm³/mol. The Morgan fingerprint density at radius 1 is 1.46 bits per heavy atom. The Bertz CT molecular complexity index is 298. The fraction of sp³-hybridized carbons (Fsp3) is 0.857. The van der Waals surface area contributed by atoms with Crippen molar-refractivity contribution in [2.24, 2.45) is 0 Å². The fourth-order valence-corrected chi connectivity index (χ4v) is 2.79. The van der Waals surface area contributed by atoms with Gasteiger partial charge in [0.1, 0.15) is 5.25 Å². The van der Waals surface area contributed by atoms with Crippen LogP contribution >= 0.6 is 0 Å². The molecule has 1 rings (SSSR count). The van der Waals surface area contributed by atoms with E-state index in [9.17, 15) is 13.2 Å². The third-order valence-corrected chi connectivity index (χ3v) is 3.55. The summed E-state index contributed by atoms with van der Waals surface area (Å²) in [5.74, 6) is -0.263. The summed E-state index contributed by atoms with van der Waals surface area (Å²) < 4.78 is 30.5. The molecule has 1 saturated carbocycles. The van der Waals surface area contributed by atoms with Crippen molar-refractivity contribution in [3.05, 3.63) is 0 Å². The van der Waals surface area contributed by atoms with Crippen molar-refractivity contribution in [3.8, 4) is 0 Å². The van der Waals surface area contributed by atoms with Gasteiger partial charge in [-0.1, -0.05) is 0 Å². The van der Waals surface area contributed by atoms with Gasteiger partial charge < -0.3 is 5.32 Å². The third-order valence-electron chi connectivity index (χ3n) is 2.22. The van der Waals surface area contributed by atoms with Gasteiger partial charge in [0.2, 0.25) is 5.91 Å². The Kier molecular flexibility index (Phi) is 2.92. The van der Waals surface area contributed by atoms with E-state index in [0.29, 0.717) is 12.8 Å². The van der Waals surface area contributed by atoms with Crippen LogP contribution in [0.25, 0.3) is 0 Å². The highest BCUT2D eigenvalue weighted by Crippen LogP contribution is 2.24. The first-order chi connectivity index (χ1) is 5.91. The molecule has 0 aromatic carbocycles. The van der Waals surface area contributed by atoms with E-state index < -0.39 is 21.4 Å². The number of carbonyl (C=O) groups excluding carboxylic acids is 1. The highest BCUT2D eigenvalue weighted by molar-refractivity contribution is 7.86. The molecule has 0 aromatic heterocycles. The Balaban J connectivity index is 2.70. The maximum Gasteiger partial charge on any atom is 0.269 e. The van der Waals surface area contributed by atoms with Crippen LogP contribution in [0.4, 0.5) is 0 Å². The lowest BCUT2D eigenvalue weighted by molar-refractivity contribution is -0.119. The van der Waals surface area contributed by atoms with E-state index in [1.807, 2.05) is 0 Å². The monoisotopic (exact) mass is 207 g/mol. The molecule has 5 nitrogen and oxygen atoms in total. The second kappa shape index (κ2) is 3.63. The third kappa shape index (κ3) is 2.67. The van der Waals surface area contributed by atoms with E-state index in [1.165, 1.54) is 6.92 Å². The second-order valence-electron chi connectivity index (χ2n) is 3.29. The molecule has 1 fully saturated rings. The van der Waals surface area contributed by atoms with Crippen LogP contribution < -0.4 is 5.32 Å². The average molecular weight is 207 g/mol. The largest absolute Gasteiger partial charge is 0.352 e. The van der Waals surface area contributed by atoms with E-state index in [2.05, 4.69) is 5.32 Å². The van der Waals surface area contributed by atoms with E-state index in [1.54, 1.807) is 0 Å². The lowest BCUT2D eigenvalue weighted by atomic mass is 10.2. The predicted octanol–water partition coefficient (Wildman–Crippen LogP) is -0.0686. The van der Waals surface area contributed by atoms with Gasteiger partial charge in [-0.2, -0.15) is 8.42 Å². The topological polar surface area (TPSA) is 83.5 Å². The van der Waals surface area contributed by atoms with Crippen molar-refractivity contribution in [3.63, 3.8) is 0 Å². The van der Waals surface area contributed by atoms with E-state index in [4.69, 9.17) is 4.55 Å². The quantitative estimate of drug-likeness (QED) is 0.621. The van der Waals surface area contributed by atoms with Gasteiger partial charge in [0.05, 0.1) is 0 Å². The minimum Gasteiger partial charge on any atom is -0.352 e. The molecule has 76 valence electrons. The van der Waals surface area contributed by atoms with Crippen molar-refractivity contribution in [1.29, 1.82) is 0 Å². The van der Waals surface area contributed by atoms with Crippen molar-refractivity contribution >= 4 is 16.0 Å². The molecule has 0 saturated heterocycles. The van der Waals surface area contributed by atoms with Crippen LogP contribution in [0.1, 0.15) is 26.2 Å². The van der Waals surface area contributed by atoms with Gasteiger partial charge >= 0.3 is 0 Å². The molecule has 1 amide bonds. The minimum atomic E-state index is -4.01. The number of rotatable bonds is 2. The van der Waals surface area contributed by atoms with E-state index in [-0.39, 0.29) is 5.91 Å². The van der Waals surface area contributed by atoms with Crippen molar-refractivity contribution < 1.29 is 17.8 Å². The fourth-order valence-electron chi connectivity index (χ4n) is 1.71. The van der Waals surface area contributed by atoms with Crippen LogP contribution in [-0.2, 0) is 14.9 Å². The first-order valence-corrected chi connectivity index (χ1v) is 5.65. The van der Waals surface area contributed by atoms with Crippen LogP contribution in [0.2, 0.25) is 0 Å². The lowest BCUT2D eigenvalue weighted by Gasteiger charge is -2.16. The standard InChI is InChI=1S/C7H13NO4S/c1-5(9)8-6-3-2-4-7(6)13(10,11)12/h6-7H,2-4H2,1H3,(H,8,9)(H,10,11,12). The second-order valence-corrected chi connectivity index (χ2v) is 4.93. The molecule has 0 heterocycles. The van der Waals surface area contributed by atoms with Gasteiger partial charge in [0.15, 0.2) is 0 Å². The highest BCUT2D eigenvalue weighted by atomic mass is 32.2. The molecule has 2 atom stereocenters. The van der Waals surface area contributed by atoms with Gasteiger partial charge in [0.25, 0.3) is 10.1 Å². The first kappa shape index (κ1) is 10.5. The Hall–Kier alpha value is -0.620. The van der Waals surface area contributed by atoms with Crippen molar-refractivity contribution in [1.82, 2.24) is 5.32 Å². The lowest BCUT2D eigenvalue weighted by Crippen LogP contribution is -2.42. The Labute approximate surface area is 77.3 Å². The number of hydrogen-bond donors (Lipinski definition) is 2. The SMILES string of the molecule is CC(=O)NC1CCCC1S(=O)(=O)O. The summed E-state index contributed by atoms with van der Waals surface area (Å²) in [4.78, 5) is 10.7. The highest BCUT2D eigenvalue weighted by Gasteiger charge is 2.36. The first-order valence-electron chi connectivity index (χ1n) is 4.14. The normalized spacial score (nSPS) is 28.8. The summed E-state index contributed by atoms with van der Waals surface area (Å²) >= 11 is 0. The zero-order valence-electron chi connectivity index (χ0n) is 7.36. The Morgan fingerprint density at radius 2 is 2.08 bits per heavy atom. The molecule has 0 aromatic rings. The zero-order chi connectivity index (χ0) is 10.1. The van der Waals surface area contributed by atoms with Crippen LogP contribution in [-0.4, -0.2) is 30.2 Å². The van der Waals surface area contributed by atoms with Crippen LogP contribution in [0.15, 0.2) is 0 Å². The molecule has 0 aliphatic heterocycles. The summed E-state index contributed by atoms with van der Waals surface area (Å²) in [5.41, 5.74) is 0. The number of carbonyl (C=O) groups is 1. The zero-order valence-corrected chi connectivity index (χ0v) is 8.17.